The molecule has 1 N–H and O–H groups in total. The van der Waals surface area contributed by atoms with Crippen molar-refractivity contribution < 1.29 is 13.6 Å². The number of nitrogens with one attached hydrogen (secondary N) is 1. The number of amides is 1. The van der Waals surface area contributed by atoms with Crippen LogP contribution < -0.4 is 5.32 Å². The van der Waals surface area contributed by atoms with Crippen LogP contribution in [0.2, 0.25) is 0 Å². The number of carbonyl (C=O) groups is 1. The predicted octanol–water partition coefficient (Wildman–Crippen LogP) is 4.89. The van der Waals surface area contributed by atoms with Crippen LogP contribution >= 0.6 is 11.8 Å². The Labute approximate surface area is 189 Å². The molecule has 8 heteroatoms. The van der Waals surface area contributed by atoms with Gasteiger partial charge in [0.1, 0.15) is 11.6 Å². The molecule has 0 fully saturated rings. The van der Waals surface area contributed by atoms with E-state index in [1.54, 1.807) is 30.5 Å². The van der Waals surface area contributed by atoms with Crippen LogP contribution in [0.15, 0.2) is 82.6 Å². The van der Waals surface area contributed by atoms with Crippen LogP contribution in [0.3, 0.4) is 0 Å². The highest BCUT2D eigenvalue weighted by atomic mass is 32.2. The van der Waals surface area contributed by atoms with Gasteiger partial charge in [-0.25, -0.2) is 4.39 Å². The average molecular weight is 451 g/mol. The second kappa shape index (κ2) is 10.3. The van der Waals surface area contributed by atoms with Gasteiger partial charge in [-0.05, 0) is 43.2 Å². The summed E-state index contributed by atoms with van der Waals surface area (Å²) in [5.41, 5.74) is 1.54. The summed E-state index contributed by atoms with van der Waals surface area (Å²) < 4.78 is 21.7. The van der Waals surface area contributed by atoms with E-state index in [9.17, 15) is 9.18 Å². The zero-order valence-electron chi connectivity index (χ0n) is 17.6. The van der Waals surface area contributed by atoms with Crippen LogP contribution in [-0.2, 0) is 17.8 Å². The number of nitrogens with zero attached hydrogens (tertiary/aromatic N) is 3. The molecule has 1 amide bonds. The lowest BCUT2D eigenvalue weighted by Gasteiger charge is -2.12. The molecule has 0 bridgehead atoms. The third-order valence-corrected chi connectivity index (χ3v) is 5.95. The van der Waals surface area contributed by atoms with Crippen LogP contribution in [0.25, 0.3) is 11.4 Å². The SMILES string of the molecule is C[C@@H](NC(=O)CSc1nnc(-c2ccccc2F)n1CCc1ccccc1)c1ccco1. The van der Waals surface area contributed by atoms with E-state index in [1.807, 2.05) is 47.9 Å². The van der Waals surface area contributed by atoms with Crippen molar-refractivity contribution in [3.8, 4) is 11.4 Å². The Morgan fingerprint density at radius 3 is 2.62 bits per heavy atom. The van der Waals surface area contributed by atoms with Gasteiger partial charge in [0.2, 0.25) is 5.91 Å². The number of aromatic nitrogens is 3. The fourth-order valence-electron chi connectivity index (χ4n) is 3.35. The van der Waals surface area contributed by atoms with Crippen LogP contribution in [-0.4, -0.2) is 26.4 Å². The van der Waals surface area contributed by atoms with Crippen molar-refractivity contribution in [3.63, 3.8) is 0 Å². The summed E-state index contributed by atoms with van der Waals surface area (Å²) >= 11 is 1.28. The third kappa shape index (κ3) is 5.26. The lowest BCUT2D eigenvalue weighted by atomic mass is 10.1. The molecule has 0 aliphatic rings. The minimum Gasteiger partial charge on any atom is -0.467 e. The van der Waals surface area contributed by atoms with E-state index in [4.69, 9.17) is 4.42 Å². The summed E-state index contributed by atoms with van der Waals surface area (Å²) in [5, 5.41) is 12.0. The molecule has 0 aliphatic carbocycles. The van der Waals surface area contributed by atoms with E-state index >= 15 is 0 Å². The van der Waals surface area contributed by atoms with Crippen molar-refractivity contribution in [1.82, 2.24) is 20.1 Å². The summed E-state index contributed by atoms with van der Waals surface area (Å²) in [4.78, 5) is 12.5. The number of carbonyl (C=O) groups excluding carboxylic acids is 1. The summed E-state index contributed by atoms with van der Waals surface area (Å²) in [6, 6.07) is 19.9. The largest absolute Gasteiger partial charge is 0.467 e. The Morgan fingerprint density at radius 1 is 1.09 bits per heavy atom. The number of furan rings is 1. The normalized spacial score (nSPS) is 11.9. The summed E-state index contributed by atoms with van der Waals surface area (Å²) in [7, 11) is 0. The molecule has 164 valence electrons. The maximum atomic E-state index is 14.5. The molecule has 32 heavy (non-hydrogen) atoms. The van der Waals surface area contributed by atoms with Crippen molar-refractivity contribution in [1.29, 1.82) is 0 Å². The van der Waals surface area contributed by atoms with E-state index in [-0.39, 0.29) is 23.5 Å². The Hall–Kier alpha value is -3.39. The van der Waals surface area contributed by atoms with Gasteiger partial charge in [0.25, 0.3) is 0 Å². The molecule has 0 radical (unpaired) electrons. The van der Waals surface area contributed by atoms with Gasteiger partial charge in [0.15, 0.2) is 11.0 Å². The number of halogens is 1. The first-order valence-corrected chi connectivity index (χ1v) is 11.3. The van der Waals surface area contributed by atoms with Crippen molar-refractivity contribution in [2.24, 2.45) is 0 Å². The molecule has 6 nitrogen and oxygen atoms in total. The zero-order chi connectivity index (χ0) is 22.3. The first kappa shape index (κ1) is 21.8. The molecule has 4 rings (SSSR count). The topological polar surface area (TPSA) is 73.0 Å². The minimum atomic E-state index is -0.359. The second-order valence-corrected chi connectivity index (χ2v) is 8.21. The van der Waals surface area contributed by atoms with Gasteiger partial charge in [-0.15, -0.1) is 10.2 Å². The Bertz CT molecular complexity index is 1160. The molecule has 2 aromatic carbocycles. The number of hydrogen-bond acceptors (Lipinski definition) is 5. The van der Waals surface area contributed by atoms with Gasteiger partial charge >= 0.3 is 0 Å². The third-order valence-electron chi connectivity index (χ3n) is 4.98. The fourth-order valence-corrected chi connectivity index (χ4v) is 4.12. The molecular weight excluding hydrogens is 427 g/mol. The molecule has 0 saturated heterocycles. The maximum absolute atomic E-state index is 14.5. The highest BCUT2D eigenvalue weighted by Gasteiger charge is 2.19. The van der Waals surface area contributed by atoms with Crippen molar-refractivity contribution in [3.05, 3.63) is 90.1 Å². The standard InChI is InChI=1S/C24H23FN4O2S/c1-17(21-12-7-15-31-21)26-22(30)16-32-24-28-27-23(19-10-5-6-11-20(19)25)29(24)14-13-18-8-3-2-4-9-18/h2-12,15,17H,13-14,16H2,1H3,(H,26,30)/t17-/m1/s1. The van der Waals surface area contributed by atoms with Gasteiger partial charge in [0, 0.05) is 6.54 Å². The number of hydrogen-bond donors (Lipinski definition) is 1. The first-order chi connectivity index (χ1) is 15.6. The van der Waals surface area contributed by atoms with E-state index in [1.165, 1.54) is 17.8 Å². The summed E-state index contributed by atoms with van der Waals surface area (Å²) in [5.74, 6) is 0.791. The Morgan fingerprint density at radius 2 is 1.88 bits per heavy atom. The van der Waals surface area contributed by atoms with Gasteiger partial charge in [-0.1, -0.05) is 54.2 Å². The second-order valence-electron chi connectivity index (χ2n) is 7.27. The van der Waals surface area contributed by atoms with Crippen LogP contribution in [0.5, 0.6) is 0 Å². The van der Waals surface area contributed by atoms with Crippen LogP contribution in [0.1, 0.15) is 24.3 Å². The monoisotopic (exact) mass is 450 g/mol. The maximum Gasteiger partial charge on any atom is 0.231 e. The van der Waals surface area contributed by atoms with Gasteiger partial charge < -0.3 is 14.3 Å². The predicted molar refractivity (Wildman–Crippen MR) is 122 cm³/mol. The highest BCUT2D eigenvalue weighted by molar-refractivity contribution is 7.99. The Balaban J connectivity index is 1.50. The average Bonchev–Trinajstić information content (AvgIpc) is 3.48. The van der Waals surface area contributed by atoms with E-state index in [0.29, 0.717) is 28.8 Å². The fraction of sp³-hybridized carbons (Fsp3) is 0.208. The molecule has 0 spiro atoms. The highest BCUT2D eigenvalue weighted by Crippen LogP contribution is 2.26. The Kier molecular flexibility index (Phi) is 7.01. The zero-order valence-corrected chi connectivity index (χ0v) is 18.4. The molecule has 0 saturated carbocycles. The minimum absolute atomic E-state index is 0.149. The molecule has 2 aromatic heterocycles. The first-order valence-electron chi connectivity index (χ1n) is 10.3. The van der Waals surface area contributed by atoms with E-state index < -0.39 is 0 Å². The van der Waals surface area contributed by atoms with Gasteiger partial charge in [-0.3, -0.25) is 4.79 Å². The van der Waals surface area contributed by atoms with Crippen molar-refractivity contribution >= 4 is 17.7 Å². The summed E-state index contributed by atoms with van der Waals surface area (Å²) in [6.45, 7) is 2.42. The van der Waals surface area contributed by atoms with Gasteiger partial charge in [0.05, 0.1) is 23.6 Å². The number of aryl methyl sites for hydroxylation is 1. The van der Waals surface area contributed by atoms with Crippen molar-refractivity contribution in [2.75, 3.05) is 5.75 Å². The quantitative estimate of drug-likeness (QED) is 0.368. The van der Waals surface area contributed by atoms with E-state index in [2.05, 4.69) is 15.5 Å². The van der Waals surface area contributed by atoms with Crippen LogP contribution in [0.4, 0.5) is 4.39 Å². The number of rotatable bonds is 9. The van der Waals surface area contributed by atoms with Crippen molar-refractivity contribution in [2.45, 2.75) is 31.1 Å². The molecular formula is C24H23FN4O2S. The number of benzene rings is 2. The lowest BCUT2D eigenvalue weighted by molar-refractivity contribution is -0.119. The molecule has 0 unspecified atom stereocenters. The molecule has 4 aromatic rings. The smallest absolute Gasteiger partial charge is 0.231 e. The summed E-state index contributed by atoms with van der Waals surface area (Å²) in [6.07, 6.45) is 2.31. The molecule has 0 aliphatic heterocycles. The lowest BCUT2D eigenvalue weighted by Crippen LogP contribution is -2.28. The van der Waals surface area contributed by atoms with Gasteiger partial charge in [-0.2, -0.15) is 0 Å². The molecule has 2 heterocycles. The number of thioether (sulfide) groups is 1. The van der Waals surface area contributed by atoms with Crippen LogP contribution in [0, 0.1) is 5.82 Å². The van der Waals surface area contributed by atoms with E-state index in [0.717, 1.165) is 12.0 Å². The molecule has 1 atom stereocenters.